The Morgan fingerprint density at radius 1 is 1.36 bits per heavy atom. The number of primary amides is 1. The van der Waals surface area contributed by atoms with E-state index in [1.54, 1.807) is 6.07 Å². The number of hydrogen-bond donors (Lipinski definition) is 3. The lowest BCUT2D eigenvalue weighted by molar-refractivity contribution is -0.117. The van der Waals surface area contributed by atoms with Crippen molar-refractivity contribution in [2.24, 2.45) is 5.73 Å². The van der Waals surface area contributed by atoms with E-state index >= 15 is 0 Å². The van der Waals surface area contributed by atoms with Crippen molar-refractivity contribution >= 4 is 29.7 Å². The molecule has 5 heteroatoms. The summed E-state index contributed by atoms with van der Waals surface area (Å²) in [5.74, 6) is -0.318. The van der Waals surface area contributed by atoms with Gasteiger partial charge >= 0.3 is 0 Å². The Bertz CT molecular complexity index is 304. The number of nitrogens with one attached hydrogen (secondary N) is 1. The molecule has 0 saturated carbocycles. The van der Waals surface area contributed by atoms with Gasteiger partial charge in [0.2, 0.25) is 5.91 Å². The molecule has 0 aliphatic heterocycles. The van der Waals surface area contributed by atoms with Gasteiger partial charge < -0.3 is 16.8 Å². The van der Waals surface area contributed by atoms with Gasteiger partial charge in [-0.2, -0.15) is 0 Å². The van der Waals surface area contributed by atoms with E-state index in [0.717, 1.165) is 5.69 Å². The number of anilines is 2. The number of carbonyl (C=O) groups is 1. The van der Waals surface area contributed by atoms with Crippen LogP contribution in [0.4, 0.5) is 11.4 Å². The number of carbonyl (C=O) groups excluding carboxylic acids is 1. The SMILES string of the molecule is Cl.NC(=O)CCNc1ccccc1N. The van der Waals surface area contributed by atoms with Gasteiger partial charge in [-0.05, 0) is 12.1 Å². The Hall–Kier alpha value is -1.42. The lowest BCUT2D eigenvalue weighted by atomic mass is 10.2. The minimum Gasteiger partial charge on any atom is -0.397 e. The Morgan fingerprint density at radius 2 is 2.00 bits per heavy atom. The second kappa shape index (κ2) is 6.10. The molecular weight excluding hydrogens is 202 g/mol. The summed E-state index contributed by atoms with van der Waals surface area (Å²) in [4.78, 5) is 10.4. The van der Waals surface area contributed by atoms with Gasteiger partial charge in [0.25, 0.3) is 0 Å². The molecule has 1 aromatic rings. The maximum Gasteiger partial charge on any atom is 0.219 e. The molecule has 0 heterocycles. The Labute approximate surface area is 89.1 Å². The molecule has 1 rings (SSSR count). The van der Waals surface area contributed by atoms with E-state index in [0.29, 0.717) is 18.7 Å². The Balaban J connectivity index is 0.00000169. The zero-order valence-electron chi connectivity index (χ0n) is 7.69. The van der Waals surface area contributed by atoms with Crippen molar-refractivity contribution in [1.82, 2.24) is 0 Å². The Morgan fingerprint density at radius 3 is 2.57 bits per heavy atom. The minimum absolute atomic E-state index is 0. The normalized spacial score (nSPS) is 8.86. The molecule has 0 radical (unpaired) electrons. The second-order valence-corrected chi connectivity index (χ2v) is 2.73. The molecule has 0 fully saturated rings. The molecule has 0 bridgehead atoms. The maximum atomic E-state index is 10.4. The van der Waals surface area contributed by atoms with Crippen molar-refractivity contribution in [3.8, 4) is 0 Å². The average molecular weight is 216 g/mol. The van der Waals surface area contributed by atoms with Crippen LogP contribution in [0.5, 0.6) is 0 Å². The number of nitrogen functional groups attached to an aromatic ring is 1. The third-order valence-corrected chi connectivity index (χ3v) is 1.65. The van der Waals surface area contributed by atoms with Crippen LogP contribution >= 0.6 is 12.4 Å². The summed E-state index contributed by atoms with van der Waals surface area (Å²) >= 11 is 0. The molecule has 5 N–H and O–H groups in total. The van der Waals surface area contributed by atoms with Crippen molar-refractivity contribution in [3.63, 3.8) is 0 Å². The monoisotopic (exact) mass is 215 g/mol. The molecule has 0 aliphatic rings. The van der Waals surface area contributed by atoms with Crippen LogP contribution in [-0.4, -0.2) is 12.5 Å². The predicted molar refractivity (Wildman–Crippen MR) is 60.4 cm³/mol. The molecule has 1 aromatic carbocycles. The summed E-state index contributed by atoms with van der Waals surface area (Å²) < 4.78 is 0. The zero-order valence-corrected chi connectivity index (χ0v) is 8.51. The molecule has 0 spiro atoms. The highest BCUT2D eigenvalue weighted by molar-refractivity contribution is 5.85. The van der Waals surface area contributed by atoms with Crippen molar-refractivity contribution in [1.29, 1.82) is 0 Å². The highest BCUT2D eigenvalue weighted by Gasteiger charge is 1.97. The quantitative estimate of drug-likeness (QED) is 0.655. The fraction of sp³-hybridized carbons (Fsp3) is 0.222. The highest BCUT2D eigenvalue weighted by atomic mass is 35.5. The number of amides is 1. The van der Waals surface area contributed by atoms with Gasteiger partial charge in [-0.1, -0.05) is 12.1 Å². The first-order valence-electron chi connectivity index (χ1n) is 4.07. The standard InChI is InChI=1S/C9H13N3O.ClH/c10-7-3-1-2-4-8(7)12-6-5-9(11)13;/h1-4,12H,5-6,10H2,(H2,11,13);1H. The van der Waals surface area contributed by atoms with Gasteiger partial charge in [0.15, 0.2) is 0 Å². The van der Waals surface area contributed by atoms with Crippen LogP contribution in [0.3, 0.4) is 0 Å². The Kier molecular flexibility index (Phi) is 5.48. The lowest BCUT2D eigenvalue weighted by Crippen LogP contribution is -2.16. The first-order valence-corrected chi connectivity index (χ1v) is 4.07. The summed E-state index contributed by atoms with van der Waals surface area (Å²) in [6, 6.07) is 7.39. The van der Waals surface area contributed by atoms with E-state index in [2.05, 4.69) is 5.32 Å². The molecule has 0 atom stereocenters. The largest absolute Gasteiger partial charge is 0.397 e. The van der Waals surface area contributed by atoms with Crippen molar-refractivity contribution in [2.45, 2.75) is 6.42 Å². The van der Waals surface area contributed by atoms with Crippen molar-refractivity contribution in [3.05, 3.63) is 24.3 Å². The zero-order chi connectivity index (χ0) is 9.68. The number of para-hydroxylation sites is 2. The molecule has 14 heavy (non-hydrogen) atoms. The van der Waals surface area contributed by atoms with Crippen LogP contribution in [-0.2, 0) is 4.79 Å². The van der Waals surface area contributed by atoms with E-state index in [1.165, 1.54) is 0 Å². The van der Waals surface area contributed by atoms with E-state index < -0.39 is 0 Å². The van der Waals surface area contributed by atoms with Gasteiger partial charge in [-0.15, -0.1) is 12.4 Å². The number of rotatable bonds is 4. The molecule has 0 aromatic heterocycles. The lowest BCUT2D eigenvalue weighted by Gasteiger charge is -2.06. The average Bonchev–Trinajstić information content (AvgIpc) is 2.08. The predicted octanol–water partition coefficient (Wildman–Crippen LogP) is 0.978. The number of benzene rings is 1. The molecule has 0 unspecified atom stereocenters. The summed E-state index contributed by atoms with van der Waals surface area (Å²) in [7, 11) is 0. The van der Waals surface area contributed by atoms with Gasteiger partial charge in [0, 0.05) is 13.0 Å². The molecule has 1 amide bonds. The van der Waals surface area contributed by atoms with Crippen molar-refractivity contribution < 1.29 is 4.79 Å². The topological polar surface area (TPSA) is 81.1 Å². The van der Waals surface area contributed by atoms with E-state index in [1.807, 2.05) is 18.2 Å². The fourth-order valence-corrected chi connectivity index (χ4v) is 0.978. The molecular formula is C9H14ClN3O. The smallest absolute Gasteiger partial charge is 0.219 e. The second-order valence-electron chi connectivity index (χ2n) is 2.73. The number of nitrogens with two attached hydrogens (primary N) is 2. The molecule has 0 aliphatic carbocycles. The first kappa shape index (κ1) is 12.6. The van der Waals surface area contributed by atoms with Gasteiger partial charge in [-0.25, -0.2) is 0 Å². The van der Waals surface area contributed by atoms with Crippen molar-refractivity contribution in [2.75, 3.05) is 17.6 Å². The summed E-state index contributed by atoms with van der Waals surface area (Å²) in [5.41, 5.74) is 12.2. The van der Waals surface area contributed by atoms with Gasteiger partial charge in [-0.3, -0.25) is 4.79 Å². The number of halogens is 1. The van der Waals surface area contributed by atoms with E-state index in [-0.39, 0.29) is 18.3 Å². The highest BCUT2D eigenvalue weighted by Crippen LogP contribution is 2.15. The van der Waals surface area contributed by atoms with E-state index in [4.69, 9.17) is 11.5 Å². The third kappa shape index (κ3) is 4.00. The van der Waals surface area contributed by atoms with Crippen LogP contribution in [0.1, 0.15) is 6.42 Å². The van der Waals surface area contributed by atoms with Crippen LogP contribution in [0.15, 0.2) is 24.3 Å². The van der Waals surface area contributed by atoms with Crippen LogP contribution in [0.2, 0.25) is 0 Å². The van der Waals surface area contributed by atoms with E-state index in [9.17, 15) is 4.79 Å². The van der Waals surface area contributed by atoms with Gasteiger partial charge in [0.05, 0.1) is 11.4 Å². The van der Waals surface area contributed by atoms with Crippen LogP contribution in [0, 0.1) is 0 Å². The van der Waals surface area contributed by atoms with Gasteiger partial charge in [0.1, 0.15) is 0 Å². The molecule has 4 nitrogen and oxygen atoms in total. The van der Waals surface area contributed by atoms with Crippen LogP contribution in [0.25, 0.3) is 0 Å². The number of hydrogen-bond acceptors (Lipinski definition) is 3. The summed E-state index contributed by atoms with van der Waals surface area (Å²) in [5, 5.41) is 3.02. The minimum atomic E-state index is -0.318. The third-order valence-electron chi connectivity index (χ3n) is 1.65. The van der Waals surface area contributed by atoms with Crippen LogP contribution < -0.4 is 16.8 Å². The summed E-state index contributed by atoms with van der Waals surface area (Å²) in [6.07, 6.45) is 0.314. The fourth-order valence-electron chi connectivity index (χ4n) is 0.978. The first-order chi connectivity index (χ1) is 6.20. The molecule has 78 valence electrons. The summed E-state index contributed by atoms with van der Waals surface area (Å²) in [6.45, 7) is 0.517. The molecule has 0 saturated heterocycles. The maximum absolute atomic E-state index is 10.4.